The van der Waals surface area contributed by atoms with Crippen molar-refractivity contribution in [2.75, 3.05) is 0 Å². The standard InChI is InChI=1S/C56H34N6/c1-3-10-35(11-4-1)52-34-53(62-56(61-52)38-12-5-2-6-13-38)51-30-23-42-33-40(21-27-48(42)59-51)39-20-26-47-41(32-39)22-29-49(58-47)45-24-25-46(44-16-8-7-15-43(44)45)50-28-19-37-18-17-36-14-9-31-57-54(36)55(37)60-50/h1-34H. The van der Waals surface area contributed by atoms with Crippen LogP contribution in [0.2, 0.25) is 0 Å². The number of hydrogen-bond donors (Lipinski definition) is 0. The number of aromatic nitrogens is 6. The summed E-state index contributed by atoms with van der Waals surface area (Å²) in [6, 6.07) is 69.2. The first-order valence-corrected chi connectivity index (χ1v) is 20.7. The highest BCUT2D eigenvalue weighted by molar-refractivity contribution is 6.07. The summed E-state index contributed by atoms with van der Waals surface area (Å²) in [5.74, 6) is 0.671. The molecule has 6 nitrogen and oxygen atoms in total. The molecule has 5 aromatic heterocycles. The van der Waals surface area contributed by atoms with Crippen LogP contribution >= 0.6 is 0 Å². The summed E-state index contributed by atoms with van der Waals surface area (Å²) in [7, 11) is 0. The first kappa shape index (κ1) is 35.5. The third kappa shape index (κ3) is 6.30. The van der Waals surface area contributed by atoms with Gasteiger partial charge in [-0.25, -0.2) is 24.9 Å². The van der Waals surface area contributed by atoms with Gasteiger partial charge in [-0.1, -0.05) is 146 Å². The molecule has 0 N–H and O–H groups in total. The Hall–Kier alpha value is -8.48. The van der Waals surface area contributed by atoms with Crippen LogP contribution < -0.4 is 0 Å². The number of nitrogens with zero attached hydrogens (tertiary/aromatic N) is 6. The topological polar surface area (TPSA) is 77.3 Å². The van der Waals surface area contributed by atoms with Gasteiger partial charge in [0.05, 0.1) is 50.5 Å². The van der Waals surface area contributed by atoms with E-state index in [4.69, 9.17) is 24.9 Å². The van der Waals surface area contributed by atoms with E-state index >= 15 is 0 Å². The summed E-state index contributed by atoms with van der Waals surface area (Å²) in [6.45, 7) is 0. The van der Waals surface area contributed by atoms with Gasteiger partial charge in [0, 0.05) is 50.0 Å². The van der Waals surface area contributed by atoms with E-state index in [9.17, 15) is 0 Å². The zero-order chi connectivity index (χ0) is 41.0. The Morgan fingerprint density at radius 3 is 1.48 bits per heavy atom. The minimum Gasteiger partial charge on any atom is -0.254 e. The maximum absolute atomic E-state index is 5.20. The minimum absolute atomic E-state index is 0.671. The van der Waals surface area contributed by atoms with Crippen LogP contribution in [0, 0.1) is 0 Å². The molecule has 12 aromatic rings. The smallest absolute Gasteiger partial charge is 0.160 e. The van der Waals surface area contributed by atoms with Crippen LogP contribution in [0.25, 0.3) is 122 Å². The van der Waals surface area contributed by atoms with Crippen molar-refractivity contribution in [2.45, 2.75) is 0 Å². The van der Waals surface area contributed by atoms with Crippen LogP contribution in [0.4, 0.5) is 0 Å². The van der Waals surface area contributed by atoms with Crippen LogP contribution in [0.3, 0.4) is 0 Å². The Labute approximate surface area is 357 Å². The first-order chi connectivity index (χ1) is 30.7. The molecule has 12 rings (SSSR count). The van der Waals surface area contributed by atoms with Gasteiger partial charge in [0.15, 0.2) is 5.82 Å². The third-order valence-corrected chi connectivity index (χ3v) is 11.7. The van der Waals surface area contributed by atoms with Crippen molar-refractivity contribution in [3.05, 3.63) is 206 Å². The second-order valence-corrected chi connectivity index (χ2v) is 15.5. The van der Waals surface area contributed by atoms with Gasteiger partial charge in [0.2, 0.25) is 0 Å². The molecule has 5 heterocycles. The average Bonchev–Trinajstić information content (AvgIpc) is 3.35. The quantitative estimate of drug-likeness (QED) is 0.156. The van der Waals surface area contributed by atoms with E-state index in [1.807, 2.05) is 66.9 Å². The predicted molar refractivity (Wildman–Crippen MR) is 253 cm³/mol. The molecular weight excluding hydrogens is 757 g/mol. The highest BCUT2D eigenvalue weighted by Gasteiger charge is 2.15. The van der Waals surface area contributed by atoms with E-state index in [1.165, 1.54) is 0 Å². The second-order valence-electron chi connectivity index (χ2n) is 15.5. The molecule has 0 unspecified atom stereocenters. The minimum atomic E-state index is 0.671. The first-order valence-electron chi connectivity index (χ1n) is 20.7. The molecule has 0 aliphatic heterocycles. The fraction of sp³-hybridized carbons (Fsp3) is 0. The van der Waals surface area contributed by atoms with E-state index in [-0.39, 0.29) is 0 Å². The van der Waals surface area contributed by atoms with Crippen LogP contribution in [-0.4, -0.2) is 29.9 Å². The van der Waals surface area contributed by atoms with Crippen molar-refractivity contribution in [2.24, 2.45) is 0 Å². The average molecular weight is 791 g/mol. The Balaban J connectivity index is 0.862. The lowest BCUT2D eigenvalue weighted by Crippen LogP contribution is -1.97. The molecule has 0 spiro atoms. The van der Waals surface area contributed by atoms with Crippen LogP contribution in [-0.2, 0) is 0 Å². The van der Waals surface area contributed by atoms with Gasteiger partial charge in [-0.05, 0) is 76.5 Å². The summed E-state index contributed by atoms with van der Waals surface area (Å²) < 4.78 is 0. The molecule has 288 valence electrons. The maximum atomic E-state index is 5.20. The molecule has 0 saturated heterocycles. The van der Waals surface area contributed by atoms with E-state index < -0.39 is 0 Å². The zero-order valence-electron chi connectivity index (χ0n) is 33.3. The molecule has 0 amide bonds. The van der Waals surface area contributed by atoms with E-state index in [2.05, 4.69) is 145 Å². The molecule has 0 aliphatic rings. The van der Waals surface area contributed by atoms with Crippen molar-refractivity contribution in [3.63, 3.8) is 0 Å². The Bertz CT molecular complexity index is 3640. The number of hydrogen-bond acceptors (Lipinski definition) is 6. The van der Waals surface area contributed by atoms with E-state index in [1.54, 1.807) is 0 Å². The molecule has 0 atom stereocenters. The second kappa shape index (κ2) is 14.7. The normalized spacial score (nSPS) is 11.5. The van der Waals surface area contributed by atoms with Crippen molar-refractivity contribution in [1.29, 1.82) is 0 Å². The van der Waals surface area contributed by atoms with Gasteiger partial charge in [0.1, 0.15) is 0 Å². The lowest BCUT2D eigenvalue weighted by Gasteiger charge is -2.13. The van der Waals surface area contributed by atoms with Crippen LogP contribution in [0.1, 0.15) is 0 Å². The summed E-state index contributed by atoms with van der Waals surface area (Å²) >= 11 is 0. The molecule has 6 heteroatoms. The van der Waals surface area contributed by atoms with Gasteiger partial charge in [-0.15, -0.1) is 0 Å². The van der Waals surface area contributed by atoms with E-state index in [0.29, 0.717) is 5.82 Å². The van der Waals surface area contributed by atoms with Crippen LogP contribution in [0.15, 0.2) is 206 Å². The number of fused-ring (bicyclic) bond motifs is 6. The molecular formula is C56H34N6. The largest absolute Gasteiger partial charge is 0.254 e. The lowest BCUT2D eigenvalue weighted by atomic mass is 9.95. The molecule has 0 fully saturated rings. The van der Waals surface area contributed by atoms with Gasteiger partial charge >= 0.3 is 0 Å². The Morgan fingerprint density at radius 1 is 0.274 bits per heavy atom. The molecule has 7 aromatic carbocycles. The molecule has 0 saturated carbocycles. The Morgan fingerprint density at radius 2 is 0.806 bits per heavy atom. The molecule has 0 radical (unpaired) electrons. The summed E-state index contributed by atoms with van der Waals surface area (Å²) in [5, 5.41) is 6.55. The molecule has 0 aliphatic carbocycles. The van der Waals surface area contributed by atoms with Crippen molar-refractivity contribution in [1.82, 2.24) is 29.9 Å². The fourth-order valence-corrected chi connectivity index (χ4v) is 8.57. The third-order valence-electron chi connectivity index (χ3n) is 11.7. The van der Waals surface area contributed by atoms with Crippen molar-refractivity contribution in [3.8, 4) is 67.7 Å². The summed E-state index contributed by atoms with van der Waals surface area (Å²) in [5.41, 5.74) is 14.3. The summed E-state index contributed by atoms with van der Waals surface area (Å²) in [4.78, 5) is 30.1. The monoisotopic (exact) mass is 790 g/mol. The van der Waals surface area contributed by atoms with Crippen LogP contribution in [0.5, 0.6) is 0 Å². The van der Waals surface area contributed by atoms with Crippen molar-refractivity contribution < 1.29 is 0 Å². The summed E-state index contributed by atoms with van der Waals surface area (Å²) in [6.07, 6.45) is 1.83. The number of benzene rings is 7. The molecule has 62 heavy (non-hydrogen) atoms. The highest BCUT2D eigenvalue weighted by atomic mass is 14.9. The SMILES string of the molecule is c1ccc(-c2cc(-c3ccc4cc(-c5ccc6nc(-c7ccc(-c8ccc9ccc%10cccnc%10c9n8)c8ccccc78)ccc6c5)ccc4n3)nc(-c3ccccc3)n2)cc1. The molecule has 0 bridgehead atoms. The number of pyridine rings is 4. The number of rotatable bonds is 6. The van der Waals surface area contributed by atoms with E-state index in [0.717, 1.165) is 116 Å². The fourth-order valence-electron chi connectivity index (χ4n) is 8.57. The zero-order valence-corrected chi connectivity index (χ0v) is 33.3. The maximum Gasteiger partial charge on any atom is 0.160 e. The van der Waals surface area contributed by atoms with Gasteiger partial charge < -0.3 is 0 Å². The Kier molecular flexibility index (Phi) is 8.38. The highest BCUT2D eigenvalue weighted by Crippen LogP contribution is 2.37. The predicted octanol–water partition coefficient (Wildman–Crippen LogP) is 13.8. The van der Waals surface area contributed by atoms with Gasteiger partial charge in [0.25, 0.3) is 0 Å². The van der Waals surface area contributed by atoms with Gasteiger partial charge in [-0.2, -0.15) is 0 Å². The lowest BCUT2D eigenvalue weighted by molar-refractivity contribution is 1.17. The van der Waals surface area contributed by atoms with Gasteiger partial charge in [-0.3, -0.25) is 4.98 Å². The van der Waals surface area contributed by atoms with Crippen molar-refractivity contribution >= 4 is 54.4 Å².